The average Bonchev–Trinajstić information content (AvgIpc) is 3.28. The molecule has 0 aliphatic carbocycles. The molecule has 1 aromatic carbocycles. The third-order valence-corrected chi connectivity index (χ3v) is 5.68. The zero-order valence-electron chi connectivity index (χ0n) is 15.2. The highest BCUT2D eigenvalue weighted by Gasteiger charge is 2.24. The van der Waals surface area contributed by atoms with Crippen LogP contribution in [-0.4, -0.2) is 64.3 Å². The second-order valence-corrected chi connectivity index (χ2v) is 8.03. The van der Waals surface area contributed by atoms with Gasteiger partial charge in [-0.3, -0.25) is 4.99 Å². The molecule has 0 amide bonds. The van der Waals surface area contributed by atoms with Crippen LogP contribution < -0.4 is 10.2 Å². The number of hydrogen-bond acceptors (Lipinski definition) is 3. The molecule has 2 saturated heterocycles. The van der Waals surface area contributed by atoms with Crippen LogP contribution in [0.3, 0.4) is 0 Å². The van der Waals surface area contributed by atoms with E-state index in [1.807, 2.05) is 7.05 Å². The standard InChI is InChI=1S/C19H29BrN4O/c1-21-19(23(2)12-16-8-10-25-14-16)22-11-15-7-9-24(13-15)18-5-3-17(20)4-6-18/h3-6,15-16H,7-14H2,1-2H3,(H,21,22). The molecule has 1 N–H and O–H groups in total. The lowest BCUT2D eigenvalue weighted by atomic mass is 10.1. The molecule has 0 spiro atoms. The zero-order valence-corrected chi connectivity index (χ0v) is 16.8. The number of benzene rings is 1. The van der Waals surface area contributed by atoms with Gasteiger partial charge in [-0.1, -0.05) is 15.9 Å². The fourth-order valence-electron chi connectivity index (χ4n) is 3.71. The van der Waals surface area contributed by atoms with Gasteiger partial charge in [0.05, 0.1) is 6.61 Å². The molecule has 0 bridgehead atoms. The number of nitrogens with one attached hydrogen (secondary N) is 1. The quantitative estimate of drug-likeness (QED) is 0.600. The molecule has 6 heteroatoms. The van der Waals surface area contributed by atoms with Crippen LogP contribution in [-0.2, 0) is 4.74 Å². The Morgan fingerprint density at radius 1 is 1.32 bits per heavy atom. The Kier molecular flexibility index (Phi) is 6.59. The summed E-state index contributed by atoms with van der Waals surface area (Å²) in [6, 6.07) is 8.61. The smallest absolute Gasteiger partial charge is 0.193 e. The van der Waals surface area contributed by atoms with E-state index in [2.05, 4.69) is 67.4 Å². The molecule has 0 radical (unpaired) electrons. The molecule has 5 nitrogen and oxygen atoms in total. The molecule has 2 unspecified atom stereocenters. The summed E-state index contributed by atoms with van der Waals surface area (Å²) in [5, 5.41) is 3.57. The monoisotopic (exact) mass is 408 g/mol. The van der Waals surface area contributed by atoms with Crippen molar-refractivity contribution >= 4 is 27.6 Å². The second kappa shape index (κ2) is 8.90. The van der Waals surface area contributed by atoms with E-state index >= 15 is 0 Å². The lowest BCUT2D eigenvalue weighted by molar-refractivity contribution is 0.181. The maximum Gasteiger partial charge on any atom is 0.193 e. The summed E-state index contributed by atoms with van der Waals surface area (Å²) in [4.78, 5) is 9.16. The Hall–Kier alpha value is -1.27. The van der Waals surface area contributed by atoms with Crippen molar-refractivity contribution in [3.63, 3.8) is 0 Å². The average molecular weight is 409 g/mol. The van der Waals surface area contributed by atoms with Crippen LogP contribution in [0.25, 0.3) is 0 Å². The van der Waals surface area contributed by atoms with Gasteiger partial charge in [0, 0.05) is 63.0 Å². The van der Waals surface area contributed by atoms with Crippen LogP contribution in [0.4, 0.5) is 5.69 Å². The van der Waals surface area contributed by atoms with Crippen molar-refractivity contribution in [1.29, 1.82) is 0 Å². The van der Waals surface area contributed by atoms with Crippen LogP contribution in [0, 0.1) is 11.8 Å². The van der Waals surface area contributed by atoms with E-state index in [-0.39, 0.29) is 0 Å². The highest BCUT2D eigenvalue weighted by atomic mass is 79.9. The van der Waals surface area contributed by atoms with Crippen molar-refractivity contribution in [1.82, 2.24) is 10.2 Å². The highest BCUT2D eigenvalue weighted by molar-refractivity contribution is 9.10. The molecule has 2 aliphatic heterocycles. The number of aliphatic imine (C=N–C) groups is 1. The maximum atomic E-state index is 5.48. The first-order valence-corrected chi connectivity index (χ1v) is 9.95. The number of halogens is 1. The fraction of sp³-hybridized carbons (Fsp3) is 0.632. The molecule has 138 valence electrons. The molecule has 2 fully saturated rings. The van der Waals surface area contributed by atoms with E-state index in [9.17, 15) is 0 Å². The Morgan fingerprint density at radius 3 is 2.80 bits per heavy atom. The van der Waals surface area contributed by atoms with Gasteiger partial charge >= 0.3 is 0 Å². The Bertz CT molecular complexity index is 571. The molecule has 2 atom stereocenters. The summed E-state index contributed by atoms with van der Waals surface area (Å²) in [6.45, 7) is 6.00. The Balaban J connectivity index is 1.45. The highest BCUT2D eigenvalue weighted by Crippen LogP contribution is 2.25. The van der Waals surface area contributed by atoms with Gasteiger partial charge in [0.25, 0.3) is 0 Å². The minimum absolute atomic E-state index is 0.628. The summed E-state index contributed by atoms with van der Waals surface area (Å²) in [7, 11) is 3.99. The third-order valence-electron chi connectivity index (χ3n) is 5.16. The number of guanidine groups is 1. The first-order chi connectivity index (χ1) is 12.2. The summed E-state index contributed by atoms with van der Waals surface area (Å²) < 4.78 is 6.61. The van der Waals surface area contributed by atoms with Crippen molar-refractivity contribution in [3.8, 4) is 0 Å². The third kappa shape index (κ3) is 5.11. The summed E-state index contributed by atoms with van der Waals surface area (Å²) >= 11 is 3.51. The van der Waals surface area contributed by atoms with E-state index in [0.29, 0.717) is 11.8 Å². The van der Waals surface area contributed by atoms with Crippen molar-refractivity contribution in [2.24, 2.45) is 16.8 Å². The molecule has 0 saturated carbocycles. The number of rotatable bonds is 5. The molecule has 3 rings (SSSR count). The van der Waals surface area contributed by atoms with Crippen molar-refractivity contribution in [2.75, 3.05) is 58.4 Å². The van der Waals surface area contributed by atoms with Gasteiger partial charge in [0.2, 0.25) is 0 Å². The van der Waals surface area contributed by atoms with Gasteiger partial charge in [0.1, 0.15) is 0 Å². The van der Waals surface area contributed by atoms with Gasteiger partial charge in [-0.05, 0) is 43.0 Å². The normalized spacial score (nSPS) is 24.0. The van der Waals surface area contributed by atoms with E-state index in [4.69, 9.17) is 4.74 Å². The lowest BCUT2D eigenvalue weighted by Gasteiger charge is -2.25. The van der Waals surface area contributed by atoms with Crippen LogP contribution in [0.15, 0.2) is 33.7 Å². The fourth-order valence-corrected chi connectivity index (χ4v) is 3.97. The number of hydrogen-bond donors (Lipinski definition) is 1. The van der Waals surface area contributed by atoms with Crippen LogP contribution in [0.5, 0.6) is 0 Å². The molecule has 2 heterocycles. The van der Waals surface area contributed by atoms with E-state index in [0.717, 1.165) is 56.2 Å². The number of nitrogens with zero attached hydrogens (tertiary/aromatic N) is 3. The van der Waals surface area contributed by atoms with E-state index in [1.54, 1.807) is 0 Å². The van der Waals surface area contributed by atoms with E-state index in [1.165, 1.54) is 12.1 Å². The lowest BCUT2D eigenvalue weighted by Crippen LogP contribution is -2.43. The predicted molar refractivity (Wildman–Crippen MR) is 107 cm³/mol. The van der Waals surface area contributed by atoms with Crippen LogP contribution >= 0.6 is 15.9 Å². The first kappa shape index (κ1) is 18.5. The SMILES string of the molecule is CN=C(NCC1CCN(c2ccc(Br)cc2)C1)N(C)CC1CCOC1. The molecular weight excluding hydrogens is 380 g/mol. The summed E-state index contributed by atoms with van der Waals surface area (Å²) in [6.07, 6.45) is 2.38. The van der Waals surface area contributed by atoms with Crippen molar-refractivity contribution in [2.45, 2.75) is 12.8 Å². The van der Waals surface area contributed by atoms with Gasteiger partial charge in [-0.25, -0.2) is 0 Å². The van der Waals surface area contributed by atoms with Crippen molar-refractivity contribution < 1.29 is 4.74 Å². The molecule has 1 aromatic rings. The molecule has 0 aromatic heterocycles. The number of anilines is 1. The Labute approximate surface area is 159 Å². The second-order valence-electron chi connectivity index (χ2n) is 7.12. The van der Waals surface area contributed by atoms with Crippen LogP contribution in [0.2, 0.25) is 0 Å². The summed E-state index contributed by atoms with van der Waals surface area (Å²) in [5.74, 6) is 2.28. The maximum absolute atomic E-state index is 5.48. The van der Waals surface area contributed by atoms with Crippen LogP contribution in [0.1, 0.15) is 12.8 Å². The molecular formula is C19H29BrN4O. The first-order valence-electron chi connectivity index (χ1n) is 9.15. The van der Waals surface area contributed by atoms with Gasteiger partial charge in [-0.2, -0.15) is 0 Å². The minimum atomic E-state index is 0.628. The molecule has 25 heavy (non-hydrogen) atoms. The minimum Gasteiger partial charge on any atom is -0.381 e. The Morgan fingerprint density at radius 2 is 2.12 bits per heavy atom. The predicted octanol–water partition coefficient (Wildman–Crippen LogP) is 2.82. The van der Waals surface area contributed by atoms with E-state index < -0.39 is 0 Å². The van der Waals surface area contributed by atoms with Gasteiger partial charge in [0.15, 0.2) is 5.96 Å². The van der Waals surface area contributed by atoms with Gasteiger partial charge in [-0.15, -0.1) is 0 Å². The molecule has 2 aliphatic rings. The summed E-state index contributed by atoms with van der Waals surface area (Å²) in [5.41, 5.74) is 1.31. The zero-order chi connectivity index (χ0) is 17.6. The largest absolute Gasteiger partial charge is 0.381 e. The number of ether oxygens (including phenoxy) is 1. The topological polar surface area (TPSA) is 40.1 Å². The van der Waals surface area contributed by atoms with Gasteiger partial charge < -0.3 is 19.9 Å². The van der Waals surface area contributed by atoms with Crippen molar-refractivity contribution in [3.05, 3.63) is 28.7 Å².